The third-order valence-corrected chi connectivity index (χ3v) is 3.79. The highest BCUT2D eigenvalue weighted by atomic mass is 16.4. The molecule has 4 rings (SSSR count). The Hall–Kier alpha value is -3.39. The first-order valence-electron chi connectivity index (χ1n) is 6.63. The minimum atomic E-state index is -0.462. The first-order chi connectivity index (χ1) is 10.7. The third-order valence-electron chi connectivity index (χ3n) is 3.79. The van der Waals surface area contributed by atoms with Crippen molar-refractivity contribution >= 4 is 38.3 Å². The summed E-state index contributed by atoms with van der Waals surface area (Å²) < 4.78 is 5.38. The zero-order chi connectivity index (χ0) is 15.3. The number of benzene rings is 2. The maximum Gasteiger partial charge on any atom is 0.346 e. The van der Waals surface area contributed by atoms with E-state index in [-0.39, 0.29) is 5.56 Å². The zero-order valence-electron chi connectivity index (χ0n) is 11.3. The normalized spacial score (nSPS) is 11.0. The maximum absolute atomic E-state index is 12.4. The molecule has 104 valence electrons. The molecule has 0 aliphatic heterocycles. The van der Waals surface area contributed by atoms with E-state index in [9.17, 15) is 4.79 Å². The molecule has 2 N–H and O–H groups in total. The SMILES string of the molecule is N#Cc1cnc2c(ccc3c4ccccc4oc(=O)c32)c1N. The number of hydrogen-bond acceptors (Lipinski definition) is 5. The van der Waals surface area contributed by atoms with Crippen molar-refractivity contribution in [1.29, 1.82) is 5.26 Å². The summed E-state index contributed by atoms with van der Waals surface area (Å²) in [6.45, 7) is 0. The van der Waals surface area contributed by atoms with Gasteiger partial charge in [-0.05, 0) is 6.07 Å². The number of para-hydroxylation sites is 1. The molecule has 2 aromatic heterocycles. The summed E-state index contributed by atoms with van der Waals surface area (Å²) in [6, 6.07) is 12.9. The van der Waals surface area contributed by atoms with Crippen LogP contribution < -0.4 is 11.4 Å². The lowest BCUT2D eigenvalue weighted by Gasteiger charge is -2.07. The van der Waals surface area contributed by atoms with Gasteiger partial charge in [0, 0.05) is 22.4 Å². The Morgan fingerprint density at radius 2 is 1.86 bits per heavy atom. The van der Waals surface area contributed by atoms with Gasteiger partial charge in [0.2, 0.25) is 0 Å². The van der Waals surface area contributed by atoms with Gasteiger partial charge in [-0.3, -0.25) is 4.98 Å². The van der Waals surface area contributed by atoms with Gasteiger partial charge in [-0.1, -0.05) is 30.3 Å². The van der Waals surface area contributed by atoms with E-state index in [1.54, 1.807) is 12.1 Å². The number of nitrogen functional groups attached to an aromatic ring is 1. The first-order valence-corrected chi connectivity index (χ1v) is 6.63. The van der Waals surface area contributed by atoms with Crippen LogP contribution in [0.4, 0.5) is 5.69 Å². The fraction of sp³-hybridized carbons (Fsp3) is 0. The highest BCUT2D eigenvalue weighted by Crippen LogP contribution is 2.30. The van der Waals surface area contributed by atoms with Gasteiger partial charge < -0.3 is 10.2 Å². The van der Waals surface area contributed by atoms with E-state index in [1.165, 1.54) is 6.20 Å². The Kier molecular flexibility index (Phi) is 2.42. The Morgan fingerprint density at radius 3 is 2.68 bits per heavy atom. The van der Waals surface area contributed by atoms with Crippen LogP contribution in [-0.2, 0) is 0 Å². The van der Waals surface area contributed by atoms with Crippen molar-refractivity contribution in [1.82, 2.24) is 4.98 Å². The lowest BCUT2D eigenvalue weighted by molar-refractivity contribution is 0.570. The molecule has 0 aliphatic carbocycles. The Bertz CT molecular complexity index is 1170. The molecule has 5 heteroatoms. The van der Waals surface area contributed by atoms with Gasteiger partial charge in [0.05, 0.1) is 22.2 Å². The fourth-order valence-electron chi connectivity index (χ4n) is 2.74. The largest absolute Gasteiger partial charge is 0.422 e. The summed E-state index contributed by atoms with van der Waals surface area (Å²) in [5, 5.41) is 11.6. The second-order valence-corrected chi connectivity index (χ2v) is 4.97. The van der Waals surface area contributed by atoms with Gasteiger partial charge in [0.1, 0.15) is 11.7 Å². The Labute approximate surface area is 124 Å². The second kappa shape index (κ2) is 4.30. The summed E-state index contributed by atoms with van der Waals surface area (Å²) in [6.07, 6.45) is 1.38. The summed E-state index contributed by atoms with van der Waals surface area (Å²) in [5.74, 6) is 0. The van der Waals surface area contributed by atoms with Crippen LogP contribution in [0.3, 0.4) is 0 Å². The van der Waals surface area contributed by atoms with Gasteiger partial charge in [0.15, 0.2) is 0 Å². The van der Waals surface area contributed by atoms with E-state index in [1.807, 2.05) is 30.3 Å². The van der Waals surface area contributed by atoms with Crippen molar-refractivity contribution in [2.75, 3.05) is 5.73 Å². The second-order valence-electron chi connectivity index (χ2n) is 4.97. The van der Waals surface area contributed by atoms with E-state index in [4.69, 9.17) is 15.4 Å². The van der Waals surface area contributed by atoms with Crippen LogP contribution in [-0.4, -0.2) is 4.98 Å². The highest BCUT2D eigenvalue weighted by Gasteiger charge is 2.14. The molecule has 0 saturated carbocycles. The van der Waals surface area contributed by atoms with Crippen LogP contribution in [0.25, 0.3) is 32.6 Å². The monoisotopic (exact) mass is 287 g/mol. The predicted molar refractivity (Wildman–Crippen MR) is 84.4 cm³/mol. The summed E-state index contributed by atoms with van der Waals surface area (Å²) in [5.41, 5.74) is 7.12. The highest BCUT2D eigenvalue weighted by molar-refractivity contribution is 6.16. The number of hydrogen-bond donors (Lipinski definition) is 1. The first kappa shape index (κ1) is 12.4. The lowest BCUT2D eigenvalue weighted by atomic mass is 10.0. The molecular weight excluding hydrogens is 278 g/mol. The molecule has 2 heterocycles. The molecule has 0 radical (unpaired) electrons. The van der Waals surface area contributed by atoms with Crippen LogP contribution in [0.1, 0.15) is 5.56 Å². The van der Waals surface area contributed by atoms with Crippen molar-refractivity contribution in [3.8, 4) is 6.07 Å². The molecule has 0 amide bonds. The average molecular weight is 287 g/mol. The van der Waals surface area contributed by atoms with Gasteiger partial charge in [-0.2, -0.15) is 5.26 Å². The summed E-state index contributed by atoms with van der Waals surface area (Å²) in [4.78, 5) is 16.6. The van der Waals surface area contributed by atoms with Gasteiger partial charge >= 0.3 is 5.63 Å². The fourth-order valence-corrected chi connectivity index (χ4v) is 2.74. The molecule has 0 unspecified atom stereocenters. The minimum Gasteiger partial charge on any atom is -0.422 e. The molecule has 0 fully saturated rings. The number of aromatic nitrogens is 1. The minimum absolute atomic E-state index is 0.289. The quantitative estimate of drug-likeness (QED) is 0.396. The van der Waals surface area contributed by atoms with Crippen molar-refractivity contribution in [3.05, 3.63) is 58.6 Å². The molecule has 0 aliphatic rings. The number of nitrogens with zero attached hydrogens (tertiary/aromatic N) is 2. The van der Waals surface area contributed by atoms with Crippen LogP contribution >= 0.6 is 0 Å². The topological polar surface area (TPSA) is 92.9 Å². The zero-order valence-corrected chi connectivity index (χ0v) is 11.3. The molecule has 0 bridgehead atoms. The molecule has 5 nitrogen and oxygen atoms in total. The molecule has 0 spiro atoms. The average Bonchev–Trinajstić information content (AvgIpc) is 2.55. The van der Waals surface area contributed by atoms with E-state index >= 15 is 0 Å². The predicted octanol–water partition coefficient (Wildman–Crippen LogP) is 2.95. The van der Waals surface area contributed by atoms with E-state index in [0.717, 1.165) is 10.8 Å². The Balaban J connectivity index is 2.31. The van der Waals surface area contributed by atoms with Crippen LogP contribution in [0, 0.1) is 11.3 Å². The molecule has 2 aromatic carbocycles. The van der Waals surface area contributed by atoms with E-state index < -0.39 is 5.63 Å². The van der Waals surface area contributed by atoms with E-state index in [0.29, 0.717) is 27.6 Å². The standard InChI is InChI=1S/C17H9N3O2/c18-7-9-8-20-16-12(15(9)19)6-5-11-10-3-1-2-4-13(10)22-17(21)14(11)16/h1-6,8H,(H2,19,20). The van der Waals surface area contributed by atoms with Crippen molar-refractivity contribution in [3.63, 3.8) is 0 Å². The number of fused-ring (bicyclic) bond motifs is 5. The lowest BCUT2D eigenvalue weighted by Crippen LogP contribution is -2.03. The van der Waals surface area contributed by atoms with Crippen LogP contribution in [0.15, 0.2) is 51.8 Å². The smallest absolute Gasteiger partial charge is 0.346 e. The molecule has 4 aromatic rings. The van der Waals surface area contributed by atoms with E-state index in [2.05, 4.69) is 4.98 Å². The van der Waals surface area contributed by atoms with Crippen molar-refractivity contribution in [2.24, 2.45) is 0 Å². The van der Waals surface area contributed by atoms with Crippen molar-refractivity contribution < 1.29 is 4.42 Å². The van der Waals surface area contributed by atoms with Crippen molar-refractivity contribution in [2.45, 2.75) is 0 Å². The molecular formula is C17H9N3O2. The summed E-state index contributed by atoms with van der Waals surface area (Å²) >= 11 is 0. The van der Waals surface area contributed by atoms with Crippen LogP contribution in [0.2, 0.25) is 0 Å². The molecule has 22 heavy (non-hydrogen) atoms. The third kappa shape index (κ3) is 1.52. The number of rotatable bonds is 0. The number of nitrogens with two attached hydrogens (primary N) is 1. The molecule has 0 atom stereocenters. The Morgan fingerprint density at radius 1 is 1.09 bits per heavy atom. The number of nitriles is 1. The summed E-state index contributed by atoms with van der Waals surface area (Å²) in [7, 11) is 0. The molecule has 0 saturated heterocycles. The maximum atomic E-state index is 12.4. The number of anilines is 1. The van der Waals surface area contributed by atoms with Gasteiger partial charge in [-0.15, -0.1) is 0 Å². The van der Waals surface area contributed by atoms with Gasteiger partial charge in [-0.25, -0.2) is 4.79 Å². The van der Waals surface area contributed by atoms with Gasteiger partial charge in [0.25, 0.3) is 0 Å². The van der Waals surface area contributed by atoms with Crippen LogP contribution in [0.5, 0.6) is 0 Å². The number of pyridine rings is 1.